The summed E-state index contributed by atoms with van der Waals surface area (Å²) >= 11 is 7.27. The lowest BCUT2D eigenvalue weighted by atomic mass is 10.3. The molecule has 1 rings (SSSR count). The number of carboxylic acids is 1. The van der Waals surface area contributed by atoms with Gasteiger partial charge in [-0.1, -0.05) is 11.6 Å². The van der Waals surface area contributed by atoms with Crippen molar-refractivity contribution in [2.75, 3.05) is 18.1 Å². The maximum Gasteiger partial charge on any atom is 0.321 e. The molecule has 0 heterocycles. The van der Waals surface area contributed by atoms with E-state index in [2.05, 4.69) is 0 Å². The van der Waals surface area contributed by atoms with Crippen LogP contribution in [0.3, 0.4) is 0 Å². The Morgan fingerprint density at radius 2 is 2.11 bits per heavy atom. The zero-order valence-electron chi connectivity index (χ0n) is 9.84. The van der Waals surface area contributed by atoms with Crippen LogP contribution in [0.1, 0.15) is 6.42 Å². The van der Waals surface area contributed by atoms with Gasteiger partial charge in [0.2, 0.25) is 0 Å². The summed E-state index contributed by atoms with van der Waals surface area (Å²) in [6, 6.07) is 6.40. The van der Waals surface area contributed by atoms with Crippen molar-refractivity contribution in [3.63, 3.8) is 0 Å². The van der Waals surface area contributed by atoms with Gasteiger partial charge in [-0.3, -0.25) is 4.79 Å². The first-order valence-electron chi connectivity index (χ1n) is 5.54. The van der Waals surface area contributed by atoms with Crippen LogP contribution in [0.4, 0.5) is 0 Å². The van der Waals surface area contributed by atoms with Crippen LogP contribution < -0.4 is 10.5 Å². The van der Waals surface area contributed by atoms with Crippen molar-refractivity contribution >= 4 is 29.3 Å². The van der Waals surface area contributed by atoms with Crippen LogP contribution in [0.2, 0.25) is 5.02 Å². The maximum atomic E-state index is 10.5. The highest BCUT2D eigenvalue weighted by Crippen LogP contribution is 2.15. The molecule has 0 saturated heterocycles. The van der Waals surface area contributed by atoms with E-state index >= 15 is 0 Å². The highest BCUT2D eigenvalue weighted by atomic mass is 35.5. The molecule has 4 nitrogen and oxygen atoms in total. The summed E-state index contributed by atoms with van der Waals surface area (Å²) in [5, 5.41) is 9.26. The van der Waals surface area contributed by atoms with Gasteiger partial charge < -0.3 is 15.6 Å². The van der Waals surface area contributed by atoms with Gasteiger partial charge >= 0.3 is 5.97 Å². The molecule has 0 saturated carbocycles. The van der Waals surface area contributed by atoms with Crippen molar-refractivity contribution in [1.29, 1.82) is 0 Å². The minimum atomic E-state index is -0.958. The van der Waals surface area contributed by atoms with Gasteiger partial charge in [-0.05, 0) is 36.4 Å². The van der Waals surface area contributed by atoms with Gasteiger partial charge in [-0.2, -0.15) is 11.8 Å². The molecule has 0 aliphatic heterocycles. The Bertz CT molecular complexity index is 372. The van der Waals surface area contributed by atoms with Gasteiger partial charge in [0.05, 0.1) is 6.61 Å². The number of halogens is 1. The number of rotatable bonds is 8. The van der Waals surface area contributed by atoms with E-state index in [0.717, 1.165) is 17.9 Å². The van der Waals surface area contributed by atoms with Crippen molar-refractivity contribution in [2.24, 2.45) is 5.73 Å². The lowest BCUT2D eigenvalue weighted by molar-refractivity contribution is -0.137. The Labute approximate surface area is 115 Å². The van der Waals surface area contributed by atoms with Crippen molar-refractivity contribution in [3.05, 3.63) is 29.3 Å². The fourth-order valence-electron chi connectivity index (χ4n) is 1.16. The molecule has 0 aliphatic carbocycles. The summed E-state index contributed by atoms with van der Waals surface area (Å²) in [5.74, 6) is 1.08. The predicted molar refractivity (Wildman–Crippen MR) is 74.5 cm³/mol. The second-order valence-corrected chi connectivity index (χ2v) is 5.26. The zero-order valence-corrected chi connectivity index (χ0v) is 11.4. The first-order chi connectivity index (χ1) is 8.59. The molecule has 1 aromatic rings. The second-order valence-electron chi connectivity index (χ2n) is 3.68. The number of carbonyl (C=O) groups is 1. The number of thioether (sulfide) groups is 1. The number of nitrogens with two attached hydrogens (primary N) is 1. The first-order valence-corrected chi connectivity index (χ1v) is 7.07. The number of hydrogen-bond acceptors (Lipinski definition) is 4. The normalized spacial score (nSPS) is 12.1. The second kappa shape index (κ2) is 8.24. The minimum absolute atomic E-state index is 0.427. The third-order valence-corrected chi connectivity index (χ3v) is 3.55. The summed E-state index contributed by atoms with van der Waals surface area (Å²) in [7, 11) is 0. The molecule has 0 aromatic heterocycles. The Kier molecular flexibility index (Phi) is 6.93. The smallest absolute Gasteiger partial charge is 0.321 e. The predicted octanol–water partition coefficient (Wildman–Crippen LogP) is 2.25. The number of ether oxygens (including phenoxy) is 1. The highest BCUT2D eigenvalue weighted by Gasteiger charge is 2.10. The van der Waals surface area contributed by atoms with Crippen LogP contribution in [-0.4, -0.2) is 35.2 Å². The first kappa shape index (κ1) is 15.1. The van der Waals surface area contributed by atoms with E-state index in [1.165, 1.54) is 11.8 Å². The van der Waals surface area contributed by atoms with Crippen LogP contribution in [-0.2, 0) is 4.79 Å². The van der Waals surface area contributed by atoms with E-state index < -0.39 is 12.0 Å². The van der Waals surface area contributed by atoms with Gasteiger partial charge in [-0.15, -0.1) is 0 Å². The molecule has 0 fully saturated rings. The minimum Gasteiger partial charge on any atom is -0.494 e. The third kappa shape index (κ3) is 6.14. The Morgan fingerprint density at radius 1 is 1.44 bits per heavy atom. The van der Waals surface area contributed by atoms with Gasteiger partial charge in [-0.25, -0.2) is 0 Å². The van der Waals surface area contributed by atoms with Crippen LogP contribution in [0.25, 0.3) is 0 Å². The fraction of sp³-hybridized carbons (Fsp3) is 0.417. The van der Waals surface area contributed by atoms with E-state index in [9.17, 15) is 4.79 Å². The Morgan fingerprint density at radius 3 is 2.72 bits per heavy atom. The van der Waals surface area contributed by atoms with Crippen molar-refractivity contribution in [2.45, 2.75) is 12.5 Å². The summed E-state index contributed by atoms with van der Waals surface area (Å²) in [6.07, 6.45) is 0.847. The molecular formula is C12H16ClNO3S. The van der Waals surface area contributed by atoms with Gasteiger partial charge in [0.1, 0.15) is 11.8 Å². The molecule has 18 heavy (non-hydrogen) atoms. The molecule has 0 bridgehead atoms. The monoisotopic (exact) mass is 289 g/mol. The molecule has 1 atom stereocenters. The Balaban J connectivity index is 2.05. The van der Waals surface area contributed by atoms with Crippen LogP contribution in [0.15, 0.2) is 24.3 Å². The number of carboxylic acid groups (broad SMARTS) is 1. The van der Waals surface area contributed by atoms with E-state index in [1.807, 2.05) is 12.1 Å². The highest BCUT2D eigenvalue weighted by molar-refractivity contribution is 7.99. The molecule has 0 unspecified atom stereocenters. The third-order valence-electron chi connectivity index (χ3n) is 2.13. The molecule has 100 valence electrons. The van der Waals surface area contributed by atoms with E-state index in [-0.39, 0.29) is 0 Å². The molecule has 0 spiro atoms. The molecule has 0 amide bonds. The van der Waals surface area contributed by atoms with Gasteiger partial charge in [0.15, 0.2) is 0 Å². The van der Waals surface area contributed by atoms with E-state index in [4.69, 9.17) is 27.2 Å². The molecule has 0 aliphatic rings. The summed E-state index contributed by atoms with van der Waals surface area (Å²) in [6.45, 7) is 0.594. The number of aliphatic carboxylic acids is 1. The summed E-state index contributed by atoms with van der Waals surface area (Å²) < 4.78 is 5.50. The summed E-state index contributed by atoms with van der Waals surface area (Å²) in [4.78, 5) is 10.5. The maximum absolute atomic E-state index is 10.5. The van der Waals surface area contributed by atoms with Crippen molar-refractivity contribution in [3.8, 4) is 5.75 Å². The Hall–Kier alpha value is -0.910. The molecule has 6 heteroatoms. The fourth-order valence-corrected chi connectivity index (χ4v) is 2.17. The molecule has 1 aromatic carbocycles. The van der Waals surface area contributed by atoms with Crippen LogP contribution in [0, 0.1) is 0 Å². The average Bonchev–Trinajstić information content (AvgIpc) is 2.35. The molecule has 3 N–H and O–H groups in total. The number of benzene rings is 1. The molecular weight excluding hydrogens is 274 g/mol. The lowest BCUT2D eigenvalue weighted by Crippen LogP contribution is -2.32. The van der Waals surface area contributed by atoms with E-state index in [1.54, 1.807) is 12.1 Å². The van der Waals surface area contributed by atoms with Crippen LogP contribution >= 0.6 is 23.4 Å². The zero-order chi connectivity index (χ0) is 13.4. The van der Waals surface area contributed by atoms with Crippen molar-refractivity contribution in [1.82, 2.24) is 0 Å². The lowest BCUT2D eigenvalue weighted by Gasteiger charge is -2.07. The van der Waals surface area contributed by atoms with Gasteiger partial charge in [0, 0.05) is 10.8 Å². The average molecular weight is 290 g/mol. The van der Waals surface area contributed by atoms with Gasteiger partial charge in [0.25, 0.3) is 0 Å². The standard InChI is InChI=1S/C12H16ClNO3S/c13-9-2-4-10(5-3-9)17-6-1-7-18-8-11(14)12(15)16/h2-5,11H,1,6-8,14H2,(H,15,16)/t11-/m1/s1. The van der Waals surface area contributed by atoms with Crippen molar-refractivity contribution < 1.29 is 14.6 Å². The SMILES string of the molecule is N[C@H](CSCCCOc1ccc(Cl)cc1)C(=O)O. The van der Waals surface area contributed by atoms with Crippen LogP contribution in [0.5, 0.6) is 5.75 Å². The van der Waals surface area contributed by atoms with E-state index in [0.29, 0.717) is 17.4 Å². The molecule has 0 radical (unpaired) electrons. The number of hydrogen-bond donors (Lipinski definition) is 2. The topological polar surface area (TPSA) is 72.5 Å². The quantitative estimate of drug-likeness (QED) is 0.718. The largest absolute Gasteiger partial charge is 0.494 e. The summed E-state index contributed by atoms with van der Waals surface area (Å²) in [5.41, 5.74) is 5.37.